The van der Waals surface area contributed by atoms with Gasteiger partial charge in [0.25, 0.3) is 10.0 Å². The van der Waals surface area contributed by atoms with Crippen LogP contribution in [0.3, 0.4) is 0 Å². The highest BCUT2D eigenvalue weighted by Gasteiger charge is 2.33. The van der Waals surface area contributed by atoms with Crippen molar-refractivity contribution in [3.63, 3.8) is 0 Å². The van der Waals surface area contributed by atoms with E-state index in [4.69, 9.17) is 11.6 Å². The molecule has 1 atom stereocenters. The molecule has 208 valence electrons. The minimum absolute atomic E-state index is 0.0511. The van der Waals surface area contributed by atoms with Crippen LogP contribution in [-0.4, -0.2) is 44.3 Å². The average Bonchev–Trinajstić information content (AvgIpc) is 2.90. The molecule has 39 heavy (non-hydrogen) atoms. The molecule has 0 heterocycles. The predicted molar refractivity (Wildman–Crippen MR) is 151 cm³/mol. The van der Waals surface area contributed by atoms with Crippen LogP contribution in [0.1, 0.15) is 31.9 Å². The SMILES string of the molecule is Cc1ccc(S(=O)(=O)N(CC(=O)N(Cc2ccccc2Cl)[C@@H](C)C(=O)NCC(C)C)c2ccccc2F)cc1. The summed E-state index contributed by atoms with van der Waals surface area (Å²) < 4.78 is 43.2. The molecule has 0 unspecified atom stereocenters. The molecule has 7 nitrogen and oxygen atoms in total. The Morgan fingerprint density at radius 2 is 1.56 bits per heavy atom. The zero-order valence-corrected chi connectivity index (χ0v) is 24.0. The lowest BCUT2D eigenvalue weighted by molar-refractivity contribution is -0.139. The Balaban J connectivity index is 2.03. The number of carbonyl (C=O) groups is 2. The van der Waals surface area contributed by atoms with Gasteiger partial charge in [0.1, 0.15) is 18.4 Å². The van der Waals surface area contributed by atoms with E-state index in [2.05, 4.69) is 5.32 Å². The number of rotatable bonds is 11. The zero-order chi connectivity index (χ0) is 28.7. The van der Waals surface area contributed by atoms with Gasteiger partial charge in [0.05, 0.1) is 10.6 Å². The van der Waals surface area contributed by atoms with Gasteiger partial charge >= 0.3 is 0 Å². The van der Waals surface area contributed by atoms with Gasteiger partial charge in [-0.25, -0.2) is 12.8 Å². The van der Waals surface area contributed by atoms with Crippen LogP contribution in [0.15, 0.2) is 77.7 Å². The topological polar surface area (TPSA) is 86.8 Å². The van der Waals surface area contributed by atoms with Crippen molar-refractivity contribution in [2.24, 2.45) is 5.92 Å². The third-order valence-electron chi connectivity index (χ3n) is 6.16. The molecule has 3 aromatic carbocycles. The minimum atomic E-state index is -4.35. The molecule has 0 saturated heterocycles. The van der Waals surface area contributed by atoms with E-state index in [0.717, 1.165) is 15.9 Å². The lowest BCUT2D eigenvalue weighted by Crippen LogP contribution is -2.51. The summed E-state index contributed by atoms with van der Waals surface area (Å²) in [6.07, 6.45) is 0. The normalized spacial score (nSPS) is 12.2. The van der Waals surface area contributed by atoms with Gasteiger partial charge in [-0.1, -0.05) is 73.5 Å². The van der Waals surface area contributed by atoms with E-state index >= 15 is 0 Å². The maximum absolute atomic E-state index is 15.0. The molecule has 0 saturated carbocycles. The number of para-hydroxylation sites is 1. The number of halogens is 2. The molecule has 0 aliphatic heterocycles. The van der Waals surface area contributed by atoms with Crippen LogP contribution in [0.25, 0.3) is 0 Å². The van der Waals surface area contributed by atoms with Gasteiger partial charge < -0.3 is 10.2 Å². The molecule has 0 aliphatic rings. The number of sulfonamides is 1. The Hall–Kier alpha value is -3.43. The summed E-state index contributed by atoms with van der Waals surface area (Å²) in [5, 5.41) is 3.21. The quantitative estimate of drug-likeness (QED) is 0.343. The highest BCUT2D eigenvalue weighted by Crippen LogP contribution is 2.27. The lowest BCUT2D eigenvalue weighted by Gasteiger charge is -2.32. The fraction of sp³-hybridized carbons (Fsp3) is 0.310. The van der Waals surface area contributed by atoms with Gasteiger partial charge in [-0.05, 0) is 55.7 Å². The van der Waals surface area contributed by atoms with Crippen molar-refractivity contribution in [2.75, 3.05) is 17.4 Å². The number of hydrogen-bond donors (Lipinski definition) is 1. The van der Waals surface area contributed by atoms with Crippen LogP contribution in [0.4, 0.5) is 10.1 Å². The molecular formula is C29H33ClFN3O4S. The van der Waals surface area contributed by atoms with Crippen LogP contribution < -0.4 is 9.62 Å². The van der Waals surface area contributed by atoms with Crippen molar-refractivity contribution in [1.82, 2.24) is 10.2 Å². The van der Waals surface area contributed by atoms with Gasteiger partial charge in [0.15, 0.2) is 0 Å². The summed E-state index contributed by atoms with van der Waals surface area (Å²) in [5.41, 5.74) is 1.14. The fourth-order valence-corrected chi connectivity index (χ4v) is 5.47. The molecule has 2 amide bonds. The number of carbonyl (C=O) groups excluding carboxylic acids is 2. The Morgan fingerprint density at radius 1 is 0.949 bits per heavy atom. The van der Waals surface area contributed by atoms with Crippen LogP contribution in [0.2, 0.25) is 5.02 Å². The van der Waals surface area contributed by atoms with Crippen molar-refractivity contribution in [2.45, 2.75) is 45.2 Å². The van der Waals surface area contributed by atoms with E-state index in [9.17, 15) is 22.4 Å². The predicted octanol–water partition coefficient (Wildman–Crippen LogP) is 5.17. The molecule has 10 heteroatoms. The van der Waals surface area contributed by atoms with E-state index in [1.165, 1.54) is 35.2 Å². The van der Waals surface area contributed by atoms with Crippen molar-refractivity contribution in [3.8, 4) is 0 Å². The fourth-order valence-electron chi connectivity index (χ4n) is 3.85. The Morgan fingerprint density at radius 3 is 2.18 bits per heavy atom. The first kappa shape index (κ1) is 30.1. The molecule has 0 aromatic heterocycles. The van der Waals surface area contributed by atoms with E-state index in [1.54, 1.807) is 43.3 Å². The molecular weight excluding hydrogens is 541 g/mol. The van der Waals surface area contributed by atoms with Crippen molar-refractivity contribution in [3.05, 3.63) is 94.8 Å². The van der Waals surface area contributed by atoms with Crippen LogP contribution in [-0.2, 0) is 26.2 Å². The summed E-state index contributed by atoms with van der Waals surface area (Å²) in [6.45, 7) is 6.88. The summed E-state index contributed by atoms with van der Waals surface area (Å²) in [5.74, 6) is -1.71. The Labute approximate surface area is 234 Å². The molecule has 0 bridgehead atoms. The molecule has 0 aliphatic carbocycles. The average molecular weight is 574 g/mol. The number of aryl methyl sites for hydroxylation is 1. The molecule has 3 rings (SSSR count). The zero-order valence-electron chi connectivity index (χ0n) is 22.4. The second-order valence-corrected chi connectivity index (χ2v) is 12.0. The van der Waals surface area contributed by atoms with Crippen LogP contribution >= 0.6 is 11.6 Å². The van der Waals surface area contributed by atoms with Gasteiger partial charge in [-0.3, -0.25) is 13.9 Å². The third kappa shape index (κ3) is 7.58. The van der Waals surface area contributed by atoms with Gasteiger partial charge in [-0.15, -0.1) is 0 Å². The number of benzene rings is 3. The number of anilines is 1. The van der Waals surface area contributed by atoms with Crippen molar-refractivity contribution >= 4 is 39.1 Å². The highest BCUT2D eigenvalue weighted by molar-refractivity contribution is 7.92. The monoisotopic (exact) mass is 573 g/mol. The van der Waals surface area contributed by atoms with Crippen LogP contribution in [0, 0.1) is 18.7 Å². The largest absolute Gasteiger partial charge is 0.354 e. The maximum atomic E-state index is 15.0. The lowest BCUT2D eigenvalue weighted by atomic mass is 10.1. The number of hydrogen-bond acceptors (Lipinski definition) is 4. The summed E-state index contributed by atoms with van der Waals surface area (Å²) in [7, 11) is -4.35. The standard InChI is InChI=1S/C29H33ClFN3O4S/c1-20(2)17-32-29(36)22(4)33(18-23-9-5-6-10-25(23)30)28(35)19-34(27-12-8-7-11-26(27)31)39(37,38)24-15-13-21(3)14-16-24/h5-16,20,22H,17-19H2,1-4H3,(H,32,36)/t22-/m0/s1. The van der Waals surface area contributed by atoms with Crippen molar-refractivity contribution < 1.29 is 22.4 Å². The summed E-state index contributed by atoms with van der Waals surface area (Å²) >= 11 is 6.35. The third-order valence-corrected chi connectivity index (χ3v) is 8.30. The second kappa shape index (κ2) is 13.1. The molecule has 3 aromatic rings. The van der Waals surface area contributed by atoms with Crippen LogP contribution in [0.5, 0.6) is 0 Å². The van der Waals surface area contributed by atoms with Gasteiger partial charge in [-0.2, -0.15) is 0 Å². The number of amides is 2. The first-order chi connectivity index (χ1) is 18.4. The Kier molecular flexibility index (Phi) is 10.1. The number of nitrogens with zero attached hydrogens (tertiary/aromatic N) is 2. The van der Waals surface area contributed by atoms with E-state index in [-0.39, 0.29) is 23.0 Å². The molecule has 0 fully saturated rings. The molecule has 1 N–H and O–H groups in total. The minimum Gasteiger partial charge on any atom is -0.354 e. The van der Waals surface area contributed by atoms with Crippen molar-refractivity contribution in [1.29, 1.82) is 0 Å². The van der Waals surface area contributed by atoms with Gasteiger partial charge in [0, 0.05) is 18.1 Å². The highest BCUT2D eigenvalue weighted by atomic mass is 35.5. The molecule has 0 spiro atoms. The van der Waals surface area contributed by atoms with E-state index in [0.29, 0.717) is 17.1 Å². The summed E-state index contributed by atoms with van der Waals surface area (Å²) in [4.78, 5) is 28.0. The second-order valence-electron chi connectivity index (χ2n) is 9.70. The summed E-state index contributed by atoms with van der Waals surface area (Å²) in [6, 6.07) is 17.3. The Bertz CT molecular complexity index is 1410. The first-order valence-electron chi connectivity index (χ1n) is 12.6. The van der Waals surface area contributed by atoms with E-state index in [1.807, 2.05) is 20.8 Å². The van der Waals surface area contributed by atoms with E-state index < -0.39 is 40.2 Å². The first-order valence-corrected chi connectivity index (χ1v) is 14.4. The maximum Gasteiger partial charge on any atom is 0.264 e. The molecule has 0 radical (unpaired) electrons. The number of nitrogens with one attached hydrogen (secondary N) is 1. The smallest absolute Gasteiger partial charge is 0.264 e. The van der Waals surface area contributed by atoms with Gasteiger partial charge in [0.2, 0.25) is 11.8 Å².